The average molecular weight is 264 g/mol. The molecule has 1 saturated heterocycles. The third kappa shape index (κ3) is 3.92. The fraction of sp³-hybridized carbons (Fsp3) is 0.571. The number of aromatic nitrogens is 1. The maximum absolute atomic E-state index is 11.1. The number of carbonyl (C=O) groups is 1. The molecule has 1 N–H and O–H groups in total. The summed E-state index contributed by atoms with van der Waals surface area (Å²) in [6.45, 7) is 5.42. The number of carboxylic acids is 1. The van der Waals surface area contributed by atoms with Gasteiger partial charge in [-0.05, 0) is 32.9 Å². The van der Waals surface area contributed by atoms with Crippen molar-refractivity contribution >= 4 is 5.97 Å². The number of hydrogen-bond acceptors (Lipinski definition) is 4. The second-order valence-electron chi connectivity index (χ2n) is 4.88. The number of pyridine rings is 1. The number of ether oxygens (including phenoxy) is 1. The van der Waals surface area contributed by atoms with Gasteiger partial charge in [-0.15, -0.1) is 0 Å². The van der Waals surface area contributed by atoms with E-state index in [2.05, 4.69) is 9.88 Å². The minimum Gasteiger partial charge on any atom is -0.491 e. The Morgan fingerprint density at radius 1 is 1.42 bits per heavy atom. The van der Waals surface area contributed by atoms with Gasteiger partial charge in [0.1, 0.15) is 17.9 Å². The zero-order valence-electron chi connectivity index (χ0n) is 11.3. The third-order valence-corrected chi connectivity index (χ3v) is 3.35. The molecule has 0 saturated carbocycles. The smallest absolute Gasteiger partial charge is 0.341 e. The van der Waals surface area contributed by atoms with E-state index in [0.29, 0.717) is 12.4 Å². The van der Waals surface area contributed by atoms with Crippen molar-refractivity contribution < 1.29 is 14.6 Å². The molecule has 5 nitrogen and oxygen atoms in total. The minimum atomic E-state index is -1.000. The first-order valence-corrected chi connectivity index (χ1v) is 6.72. The van der Waals surface area contributed by atoms with Crippen LogP contribution in [0.2, 0.25) is 0 Å². The fourth-order valence-electron chi connectivity index (χ4n) is 2.28. The van der Waals surface area contributed by atoms with Crippen molar-refractivity contribution in [1.82, 2.24) is 9.88 Å². The summed E-state index contributed by atoms with van der Waals surface area (Å²) in [6.07, 6.45) is 5.15. The van der Waals surface area contributed by atoms with Gasteiger partial charge in [-0.1, -0.05) is 6.42 Å². The molecule has 0 spiro atoms. The zero-order chi connectivity index (χ0) is 13.7. The first-order chi connectivity index (χ1) is 9.16. The molecular weight excluding hydrogens is 244 g/mol. The molecule has 19 heavy (non-hydrogen) atoms. The predicted molar refractivity (Wildman–Crippen MR) is 71.7 cm³/mol. The lowest BCUT2D eigenvalue weighted by Gasteiger charge is -2.26. The highest BCUT2D eigenvalue weighted by Crippen LogP contribution is 2.18. The summed E-state index contributed by atoms with van der Waals surface area (Å²) in [5.74, 6) is -0.586. The minimum absolute atomic E-state index is 0.129. The molecule has 2 heterocycles. The maximum atomic E-state index is 11.1. The van der Waals surface area contributed by atoms with Gasteiger partial charge in [0.15, 0.2) is 0 Å². The number of nitrogens with zero attached hydrogens (tertiary/aromatic N) is 2. The van der Waals surface area contributed by atoms with Crippen molar-refractivity contribution in [3.8, 4) is 5.75 Å². The largest absolute Gasteiger partial charge is 0.491 e. The molecule has 1 aromatic rings. The molecule has 0 radical (unpaired) electrons. The number of hydrogen-bond donors (Lipinski definition) is 1. The summed E-state index contributed by atoms with van der Waals surface area (Å²) in [6, 6.07) is 1.68. The number of rotatable bonds is 5. The van der Waals surface area contributed by atoms with E-state index in [9.17, 15) is 4.79 Å². The highest BCUT2D eigenvalue weighted by Gasteiger charge is 2.14. The van der Waals surface area contributed by atoms with Gasteiger partial charge in [-0.2, -0.15) is 0 Å². The van der Waals surface area contributed by atoms with Gasteiger partial charge in [0.25, 0.3) is 0 Å². The van der Waals surface area contributed by atoms with Crippen molar-refractivity contribution in [2.45, 2.75) is 26.2 Å². The summed E-state index contributed by atoms with van der Waals surface area (Å²) < 4.78 is 5.62. The highest BCUT2D eigenvalue weighted by molar-refractivity contribution is 5.90. The maximum Gasteiger partial charge on any atom is 0.341 e. The van der Waals surface area contributed by atoms with E-state index in [0.717, 1.165) is 25.3 Å². The molecule has 1 aliphatic heterocycles. The zero-order valence-corrected chi connectivity index (χ0v) is 11.3. The molecule has 5 heteroatoms. The Balaban J connectivity index is 1.91. The van der Waals surface area contributed by atoms with Crippen molar-refractivity contribution in [3.63, 3.8) is 0 Å². The molecule has 0 atom stereocenters. The number of piperidine rings is 1. The van der Waals surface area contributed by atoms with Crippen LogP contribution in [0.5, 0.6) is 5.75 Å². The normalized spacial score (nSPS) is 16.3. The van der Waals surface area contributed by atoms with Crippen LogP contribution in [0, 0.1) is 6.92 Å². The molecule has 0 amide bonds. The van der Waals surface area contributed by atoms with Crippen LogP contribution in [0.15, 0.2) is 12.3 Å². The monoisotopic (exact) mass is 264 g/mol. The molecule has 0 unspecified atom stereocenters. The van der Waals surface area contributed by atoms with Gasteiger partial charge < -0.3 is 9.84 Å². The van der Waals surface area contributed by atoms with Gasteiger partial charge >= 0.3 is 5.97 Å². The van der Waals surface area contributed by atoms with Crippen LogP contribution in [0.25, 0.3) is 0 Å². The van der Waals surface area contributed by atoms with E-state index >= 15 is 0 Å². The summed E-state index contributed by atoms with van der Waals surface area (Å²) in [4.78, 5) is 17.4. The molecule has 0 bridgehead atoms. The van der Waals surface area contributed by atoms with Crippen LogP contribution in [0.3, 0.4) is 0 Å². The Morgan fingerprint density at radius 3 is 2.84 bits per heavy atom. The van der Waals surface area contributed by atoms with Crippen LogP contribution in [-0.2, 0) is 0 Å². The quantitative estimate of drug-likeness (QED) is 0.880. The van der Waals surface area contributed by atoms with Crippen LogP contribution in [0.4, 0.5) is 0 Å². The van der Waals surface area contributed by atoms with Crippen molar-refractivity contribution in [2.75, 3.05) is 26.2 Å². The number of likely N-dealkylation sites (tertiary alicyclic amines) is 1. The first-order valence-electron chi connectivity index (χ1n) is 6.72. The lowest BCUT2D eigenvalue weighted by Crippen LogP contribution is -2.33. The van der Waals surface area contributed by atoms with E-state index in [4.69, 9.17) is 9.84 Å². The summed E-state index contributed by atoms with van der Waals surface area (Å²) in [7, 11) is 0. The van der Waals surface area contributed by atoms with Crippen LogP contribution in [0.1, 0.15) is 35.3 Å². The molecule has 104 valence electrons. The Labute approximate surface area is 113 Å². The van der Waals surface area contributed by atoms with E-state index in [1.807, 2.05) is 6.92 Å². The average Bonchev–Trinajstić information content (AvgIpc) is 2.39. The van der Waals surface area contributed by atoms with Gasteiger partial charge in [0, 0.05) is 24.5 Å². The SMILES string of the molecule is Cc1cc(OCCN2CCCCC2)c(C(=O)O)cn1. The Morgan fingerprint density at radius 2 is 2.16 bits per heavy atom. The number of carboxylic acid groups (broad SMARTS) is 1. The standard InChI is InChI=1S/C14H20N2O3/c1-11-9-13(12(10-15-11)14(17)18)19-8-7-16-5-3-2-4-6-16/h9-10H,2-8H2,1H3,(H,17,18). The van der Waals surface area contributed by atoms with E-state index in [1.54, 1.807) is 6.07 Å². The van der Waals surface area contributed by atoms with Gasteiger partial charge in [-0.25, -0.2) is 4.79 Å². The summed E-state index contributed by atoms with van der Waals surface area (Å²) in [5.41, 5.74) is 0.891. The second-order valence-corrected chi connectivity index (χ2v) is 4.88. The molecule has 0 aliphatic carbocycles. The van der Waals surface area contributed by atoms with Gasteiger partial charge in [0.05, 0.1) is 0 Å². The van der Waals surface area contributed by atoms with Gasteiger partial charge in [0.2, 0.25) is 0 Å². The summed E-state index contributed by atoms with van der Waals surface area (Å²) >= 11 is 0. The molecule has 0 aromatic carbocycles. The molecule has 2 rings (SSSR count). The Bertz CT molecular complexity index is 442. The van der Waals surface area contributed by atoms with E-state index in [1.165, 1.54) is 25.5 Å². The van der Waals surface area contributed by atoms with E-state index in [-0.39, 0.29) is 5.56 Å². The number of aryl methyl sites for hydroxylation is 1. The van der Waals surface area contributed by atoms with E-state index < -0.39 is 5.97 Å². The molecule has 1 fully saturated rings. The lowest BCUT2D eigenvalue weighted by atomic mass is 10.1. The predicted octanol–water partition coefficient (Wildman–Crippen LogP) is 1.95. The Hall–Kier alpha value is -1.62. The number of aromatic carboxylic acids is 1. The molecule has 1 aliphatic rings. The van der Waals surface area contributed by atoms with Crippen LogP contribution >= 0.6 is 0 Å². The second kappa shape index (κ2) is 6.52. The van der Waals surface area contributed by atoms with Gasteiger partial charge in [-0.3, -0.25) is 9.88 Å². The molecular formula is C14H20N2O3. The van der Waals surface area contributed by atoms with Crippen molar-refractivity contribution in [1.29, 1.82) is 0 Å². The lowest BCUT2D eigenvalue weighted by molar-refractivity contribution is 0.0691. The van der Waals surface area contributed by atoms with Crippen molar-refractivity contribution in [2.24, 2.45) is 0 Å². The van der Waals surface area contributed by atoms with Crippen LogP contribution < -0.4 is 4.74 Å². The summed E-state index contributed by atoms with van der Waals surface area (Å²) in [5, 5.41) is 9.07. The fourth-order valence-corrected chi connectivity index (χ4v) is 2.28. The molecule has 1 aromatic heterocycles. The first kappa shape index (κ1) is 13.8. The van der Waals surface area contributed by atoms with Crippen LogP contribution in [-0.4, -0.2) is 47.2 Å². The van der Waals surface area contributed by atoms with Crippen molar-refractivity contribution in [3.05, 3.63) is 23.5 Å². The third-order valence-electron chi connectivity index (χ3n) is 3.35. The topological polar surface area (TPSA) is 62.7 Å². The highest BCUT2D eigenvalue weighted by atomic mass is 16.5. The Kier molecular flexibility index (Phi) is 4.74.